The number of sulfone groups is 1. The summed E-state index contributed by atoms with van der Waals surface area (Å²) in [4.78, 5) is 11.1. The van der Waals surface area contributed by atoms with Gasteiger partial charge < -0.3 is 15.5 Å². The molecule has 1 heterocycles. The second-order valence-electron chi connectivity index (χ2n) is 6.40. The fourth-order valence-corrected chi connectivity index (χ4v) is 3.07. The number of pyridine rings is 1. The van der Waals surface area contributed by atoms with Gasteiger partial charge in [0.25, 0.3) is 0 Å². The van der Waals surface area contributed by atoms with E-state index in [0.29, 0.717) is 23.9 Å². The van der Waals surface area contributed by atoms with Gasteiger partial charge in [0.2, 0.25) is 0 Å². The summed E-state index contributed by atoms with van der Waals surface area (Å²) in [5, 5.41) is 6.50. The molecule has 0 bridgehead atoms. The largest absolute Gasteiger partial charge is 0.363 e. The van der Waals surface area contributed by atoms with Crippen LogP contribution >= 0.6 is 24.0 Å². The van der Waals surface area contributed by atoms with Crippen LogP contribution in [0.1, 0.15) is 11.3 Å². The molecule has 1 aromatic carbocycles. The fraction of sp³-hybridized carbons (Fsp3) is 0.368. The van der Waals surface area contributed by atoms with E-state index in [4.69, 9.17) is 0 Å². The van der Waals surface area contributed by atoms with Crippen molar-refractivity contribution in [2.24, 2.45) is 4.99 Å². The lowest BCUT2D eigenvalue weighted by atomic mass is 10.1. The Morgan fingerprint density at radius 1 is 1.11 bits per heavy atom. The Balaban J connectivity index is 0.00000392. The van der Waals surface area contributed by atoms with Gasteiger partial charge in [-0.25, -0.2) is 13.4 Å². The van der Waals surface area contributed by atoms with E-state index < -0.39 is 9.84 Å². The molecule has 0 unspecified atom stereocenters. The SMILES string of the molecule is CN=C(NCCc1ccc(S(C)(=O)=O)cc1)NCc1cccc(N(C)C)n1.I. The van der Waals surface area contributed by atoms with Crippen LogP contribution in [-0.4, -0.2) is 53.3 Å². The zero-order valence-electron chi connectivity index (χ0n) is 16.6. The number of nitrogens with zero attached hydrogens (tertiary/aromatic N) is 3. The molecule has 28 heavy (non-hydrogen) atoms. The van der Waals surface area contributed by atoms with Gasteiger partial charge in [0, 0.05) is 33.9 Å². The average molecular weight is 517 g/mol. The Kier molecular flexibility index (Phi) is 9.66. The van der Waals surface area contributed by atoms with Crippen LogP contribution in [-0.2, 0) is 22.8 Å². The number of nitrogens with one attached hydrogen (secondary N) is 2. The van der Waals surface area contributed by atoms with Gasteiger partial charge in [-0.15, -0.1) is 24.0 Å². The molecule has 154 valence electrons. The van der Waals surface area contributed by atoms with E-state index >= 15 is 0 Å². The number of hydrogen-bond donors (Lipinski definition) is 2. The standard InChI is InChI=1S/C19H27N5O2S.HI/c1-20-19(22-14-16-6-5-7-18(23-16)24(2)3)21-13-12-15-8-10-17(11-9-15)27(4,25)26;/h5-11H,12-14H2,1-4H3,(H2,20,21,22);1H. The molecule has 0 saturated heterocycles. The molecular formula is C19H28IN5O2S. The summed E-state index contributed by atoms with van der Waals surface area (Å²) < 4.78 is 23.0. The van der Waals surface area contributed by atoms with E-state index in [0.717, 1.165) is 23.5 Å². The molecular weight excluding hydrogens is 489 g/mol. The number of benzene rings is 1. The maximum Gasteiger partial charge on any atom is 0.191 e. The van der Waals surface area contributed by atoms with Crippen molar-refractivity contribution < 1.29 is 8.42 Å². The summed E-state index contributed by atoms with van der Waals surface area (Å²) in [6.45, 7) is 1.26. The van der Waals surface area contributed by atoms with E-state index in [1.165, 1.54) is 6.26 Å². The molecule has 0 spiro atoms. The molecule has 9 heteroatoms. The summed E-state index contributed by atoms with van der Waals surface area (Å²) in [7, 11) is 2.49. The number of guanidine groups is 1. The van der Waals surface area contributed by atoms with E-state index in [-0.39, 0.29) is 24.0 Å². The molecule has 0 aliphatic carbocycles. The summed E-state index contributed by atoms with van der Waals surface area (Å²) in [6.07, 6.45) is 1.97. The Bertz CT molecular complexity index is 883. The van der Waals surface area contributed by atoms with E-state index in [1.54, 1.807) is 19.2 Å². The predicted octanol–water partition coefficient (Wildman–Crippen LogP) is 2.08. The number of hydrogen-bond acceptors (Lipinski definition) is 5. The molecule has 2 N–H and O–H groups in total. The quantitative estimate of drug-likeness (QED) is 0.333. The molecule has 0 radical (unpaired) electrons. The first-order valence-electron chi connectivity index (χ1n) is 8.66. The highest BCUT2D eigenvalue weighted by Gasteiger charge is 2.06. The van der Waals surface area contributed by atoms with Gasteiger partial charge in [-0.05, 0) is 36.2 Å². The van der Waals surface area contributed by atoms with Crippen LogP contribution in [0.2, 0.25) is 0 Å². The van der Waals surface area contributed by atoms with Crippen LogP contribution in [0.5, 0.6) is 0 Å². The number of halogens is 1. The van der Waals surface area contributed by atoms with Crippen molar-refractivity contribution >= 4 is 45.6 Å². The highest BCUT2D eigenvalue weighted by atomic mass is 127. The summed E-state index contributed by atoms with van der Waals surface area (Å²) in [6, 6.07) is 12.9. The first-order chi connectivity index (χ1) is 12.8. The van der Waals surface area contributed by atoms with Crippen molar-refractivity contribution in [3.05, 3.63) is 53.7 Å². The van der Waals surface area contributed by atoms with Crippen LogP contribution in [0.15, 0.2) is 52.4 Å². The molecule has 1 aromatic heterocycles. The van der Waals surface area contributed by atoms with E-state index in [2.05, 4.69) is 20.6 Å². The Hall–Kier alpha value is -1.88. The molecule has 0 atom stereocenters. The van der Waals surface area contributed by atoms with Gasteiger partial charge in [0.15, 0.2) is 15.8 Å². The third-order valence-corrected chi connectivity index (χ3v) is 5.10. The van der Waals surface area contributed by atoms with Gasteiger partial charge in [-0.1, -0.05) is 18.2 Å². The highest BCUT2D eigenvalue weighted by molar-refractivity contribution is 14.0. The number of anilines is 1. The molecule has 2 rings (SSSR count). The van der Waals surface area contributed by atoms with Crippen LogP contribution in [0.4, 0.5) is 5.82 Å². The third kappa shape index (κ3) is 7.63. The Morgan fingerprint density at radius 2 is 1.79 bits per heavy atom. The lowest BCUT2D eigenvalue weighted by molar-refractivity contribution is 0.602. The highest BCUT2D eigenvalue weighted by Crippen LogP contribution is 2.10. The molecule has 7 nitrogen and oxygen atoms in total. The number of aromatic nitrogens is 1. The summed E-state index contributed by atoms with van der Waals surface area (Å²) in [5.41, 5.74) is 1.99. The number of aliphatic imine (C=N–C) groups is 1. The van der Waals surface area contributed by atoms with Crippen molar-refractivity contribution in [2.75, 3.05) is 38.8 Å². The molecule has 0 saturated carbocycles. The second-order valence-corrected chi connectivity index (χ2v) is 8.42. The average Bonchev–Trinajstić information content (AvgIpc) is 2.64. The minimum atomic E-state index is -3.15. The van der Waals surface area contributed by atoms with Crippen LogP contribution in [0.3, 0.4) is 0 Å². The zero-order chi connectivity index (χ0) is 19.9. The fourth-order valence-electron chi connectivity index (χ4n) is 2.44. The molecule has 0 aliphatic rings. The van der Waals surface area contributed by atoms with E-state index in [9.17, 15) is 8.42 Å². The number of rotatable bonds is 7. The van der Waals surface area contributed by atoms with Crippen LogP contribution < -0.4 is 15.5 Å². The Morgan fingerprint density at radius 3 is 2.36 bits per heavy atom. The normalized spacial score (nSPS) is 11.5. The van der Waals surface area contributed by atoms with Crippen molar-refractivity contribution in [1.82, 2.24) is 15.6 Å². The van der Waals surface area contributed by atoms with Crippen molar-refractivity contribution in [1.29, 1.82) is 0 Å². The minimum absolute atomic E-state index is 0. The maximum atomic E-state index is 11.5. The molecule has 0 amide bonds. The van der Waals surface area contributed by atoms with Crippen molar-refractivity contribution in [2.45, 2.75) is 17.9 Å². The van der Waals surface area contributed by atoms with Gasteiger partial charge in [-0.2, -0.15) is 0 Å². The topological polar surface area (TPSA) is 86.7 Å². The smallest absolute Gasteiger partial charge is 0.191 e. The van der Waals surface area contributed by atoms with Crippen molar-refractivity contribution in [3.8, 4) is 0 Å². The monoisotopic (exact) mass is 517 g/mol. The summed E-state index contributed by atoms with van der Waals surface area (Å²) in [5.74, 6) is 1.61. The maximum absolute atomic E-state index is 11.5. The van der Waals surface area contributed by atoms with Crippen LogP contribution in [0, 0.1) is 0 Å². The second kappa shape index (κ2) is 11.2. The van der Waals surface area contributed by atoms with E-state index in [1.807, 2.05) is 49.3 Å². The zero-order valence-corrected chi connectivity index (χ0v) is 19.8. The van der Waals surface area contributed by atoms with Crippen molar-refractivity contribution in [3.63, 3.8) is 0 Å². The third-order valence-electron chi connectivity index (χ3n) is 3.97. The predicted molar refractivity (Wildman–Crippen MR) is 125 cm³/mol. The molecule has 0 aliphatic heterocycles. The minimum Gasteiger partial charge on any atom is -0.363 e. The Labute approximate surface area is 184 Å². The van der Waals surface area contributed by atoms with Gasteiger partial charge in [0.05, 0.1) is 17.1 Å². The summed E-state index contributed by atoms with van der Waals surface area (Å²) >= 11 is 0. The van der Waals surface area contributed by atoms with Crippen LogP contribution in [0.25, 0.3) is 0 Å². The molecule has 2 aromatic rings. The van der Waals surface area contributed by atoms with Gasteiger partial charge in [0.1, 0.15) is 5.82 Å². The lowest BCUT2D eigenvalue weighted by Gasteiger charge is -2.14. The first kappa shape index (κ1) is 24.2. The van der Waals surface area contributed by atoms with Gasteiger partial charge in [-0.3, -0.25) is 4.99 Å². The van der Waals surface area contributed by atoms with Gasteiger partial charge >= 0.3 is 0 Å². The molecule has 0 fully saturated rings. The first-order valence-corrected chi connectivity index (χ1v) is 10.6. The lowest BCUT2D eigenvalue weighted by Crippen LogP contribution is -2.38.